The van der Waals surface area contributed by atoms with Crippen LogP contribution in [-0.2, 0) is 13.1 Å². The summed E-state index contributed by atoms with van der Waals surface area (Å²) in [7, 11) is 0. The van der Waals surface area contributed by atoms with E-state index in [9.17, 15) is 9.18 Å². The first-order valence-electron chi connectivity index (χ1n) is 9.33. The number of aromatic nitrogens is 1. The van der Waals surface area contributed by atoms with Gasteiger partial charge in [0.2, 0.25) is 5.89 Å². The van der Waals surface area contributed by atoms with E-state index in [0.717, 1.165) is 11.1 Å². The fourth-order valence-corrected chi connectivity index (χ4v) is 3.05. The van der Waals surface area contributed by atoms with E-state index >= 15 is 0 Å². The van der Waals surface area contributed by atoms with Crippen molar-refractivity contribution in [1.29, 1.82) is 0 Å². The SMILES string of the molecule is CCNC(=O)c1coc(CN(Cc2cccc(F)c2)C(C)c2ccccc2)n1. The van der Waals surface area contributed by atoms with Crippen LogP contribution in [0.15, 0.2) is 65.3 Å². The Morgan fingerprint density at radius 3 is 2.68 bits per heavy atom. The number of hydrogen-bond acceptors (Lipinski definition) is 4. The van der Waals surface area contributed by atoms with Crippen molar-refractivity contribution in [1.82, 2.24) is 15.2 Å². The minimum atomic E-state index is -0.264. The molecule has 1 aromatic heterocycles. The number of nitrogens with zero attached hydrogens (tertiary/aromatic N) is 2. The zero-order chi connectivity index (χ0) is 19.9. The van der Waals surface area contributed by atoms with Crippen LogP contribution in [0.3, 0.4) is 0 Å². The lowest BCUT2D eigenvalue weighted by atomic mass is 10.1. The zero-order valence-electron chi connectivity index (χ0n) is 16.1. The van der Waals surface area contributed by atoms with Gasteiger partial charge < -0.3 is 9.73 Å². The number of halogens is 1. The predicted molar refractivity (Wildman–Crippen MR) is 105 cm³/mol. The van der Waals surface area contributed by atoms with E-state index in [1.54, 1.807) is 6.07 Å². The second-order valence-corrected chi connectivity index (χ2v) is 6.61. The van der Waals surface area contributed by atoms with Crippen LogP contribution < -0.4 is 5.32 Å². The maximum absolute atomic E-state index is 13.6. The normalized spacial score (nSPS) is 12.1. The molecular weight excluding hydrogens is 357 g/mol. The van der Waals surface area contributed by atoms with Crippen molar-refractivity contribution in [3.63, 3.8) is 0 Å². The monoisotopic (exact) mass is 381 g/mol. The Labute approximate surface area is 164 Å². The molecule has 0 bridgehead atoms. The van der Waals surface area contributed by atoms with Crippen molar-refractivity contribution >= 4 is 5.91 Å². The molecule has 1 atom stereocenters. The summed E-state index contributed by atoms with van der Waals surface area (Å²) in [4.78, 5) is 18.4. The smallest absolute Gasteiger partial charge is 0.273 e. The predicted octanol–water partition coefficient (Wildman–Crippen LogP) is 4.33. The molecule has 1 unspecified atom stereocenters. The van der Waals surface area contributed by atoms with Crippen molar-refractivity contribution in [3.8, 4) is 0 Å². The van der Waals surface area contributed by atoms with E-state index in [1.165, 1.54) is 18.4 Å². The molecule has 0 saturated heterocycles. The van der Waals surface area contributed by atoms with Gasteiger partial charge in [-0.1, -0.05) is 42.5 Å². The van der Waals surface area contributed by atoms with E-state index in [0.29, 0.717) is 25.5 Å². The molecule has 0 radical (unpaired) electrons. The van der Waals surface area contributed by atoms with Crippen LogP contribution in [0.4, 0.5) is 4.39 Å². The van der Waals surface area contributed by atoms with Crippen LogP contribution in [0, 0.1) is 5.82 Å². The van der Waals surface area contributed by atoms with Crippen molar-refractivity contribution in [2.24, 2.45) is 0 Å². The Balaban J connectivity index is 1.82. The van der Waals surface area contributed by atoms with Crippen LogP contribution in [0.2, 0.25) is 0 Å². The Hall–Kier alpha value is -2.99. The lowest BCUT2D eigenvalue weighted by Gasteiger charge is -2.28. The lowest BCUT2D eigenvalue weighted by molar-refractivity contribution is 0.0950. The molecule has 146 valence electrons. The average molecular weight is 381 g/mol. The van der Waals surface area contributed by atoms with Gasteiger partial charge in [-0.25, -0.2) is 9.37 Å². The number of rotatable bonds is 8. The summed E-state index contributed by atoms with van der Waals surface area (Å²) in [6.45, 7) is 5.37. The molecular formula is C22H24FN3O2. The second-order valence-electron chi connectivity index (χ2n) is 6.61. The number of hydrogen-bond donors (Lipinski definition) is 1. The Bertz CT molecular complexity index is 911. The van der Waals surface area contributed by atoms with E-state index in [2.05, 4.69) is 34.3 Å². The average Bonchev–Trinajstić information content (AvgIpc) is 3.17. The van der Waals surface area contributed by atoms with Gasteiger partial charge >= 0.3 is 0 Å². The molecule has 2 aromatic carbocycles. The summed E-state index contributed by atoms with van der Waals surface area (Å²) in [5.74, 6) is -0.0785. The molecule has 28 heavy (non-hydrogen) atoms. The van der Waals surface area contributed by atoms with Crippen molar-refractivity contribution in [3.05, 3.63) is 89.4 Å². The molecule has 1 N–H and O–H groups in total. The molecule has 0 aliphatic rings. The molecule has 1 amide bonds. The van der Waals surface area contributed by atoms with Gasteiger partial charge in [-0.2, -0.15) is 0 Å². The summed E-state index contributed by atoms with van der Waals surface area (Å²) in [6, 6.07) is 16.7. The summed E-state index contributed by atoms with van der Waals surface area (Å²) in [5, 5.41) is 2.71. The molecule has 0 saturated carbocycles. The van der Waals surface area contributed by atoms with E-state index in [1.807, 2.05) is 31.2 Å². The summed E-state index contributed by atoms with van der Waals surface area (Å²) in [5.41, 5.74) is 2.25. The first kappa shape index (κ1) is 19.8. The van der Waals surface area contributed by atoms with Crippen LogP contribution in [0.5, 0.6) is 0 Å². The van der Waals surface area contributed by atoms with Gasteiger partial charge in [0.1, 0.15) is 12.1 Å². The number of carbonyl (C=O) groups excluding carboxylic acids is 1. The van der Waals surface area contributed by atoms with Crippen LogP contribution in [0.1, 0.15) is 47.4 Å². The van der Waals surface area contributed by atoms with Crippen molar-refractivity contribution < 1.29 is 13.6 Å². The van der Waals surface area contributed by atoms with Gasteiger partial charge in [0.05, 0.1) is 6.54 Å². The molecule has 3 aromatic rings. The molecule has 3 rings (SSSR count). The third-order valence-electron chi connectivity index (χ3n) is 4.56. The minimum absolute atomic E-state index is 0.0456. The number of amides is 1. The molecule has 6 heteroatoms. The van der Waals surface area contributed by atoms with Gasteiger partial charge in [-0.05, 0) is 37.1 Å². The topological polar surface area (TPSA) is 58.4 Å². The molecule has 1 heterocycles. The maximum atomic E-state index is 13.6. The van der Waals surface area contributed by atoms with Gasteiger partial charge in [0.25, 0.3) is 5.91 Å². The summed E-state index contributed by atoms with van der Waals surface area (Å²) in [6.07, 6.45) is 1.37. The Morgan fingerprint density at radius 2 is 1.96 bits per heavy atom. The first-order valence-corrected chi connectivity index (χ1v) is 9.33. The second kappa shape index (κ2) is 9.28. The quantitative estimate of drug-likeness (QED) is 0.631. The van der Waals surface area contributed by atoms with Gasteiger partial charge in [-0.15, -0.1) is 0 Å². The highest BCUT2D eigenvalue weighted by Gasteiger charge is 2.20. The minimum Gasteiger partial charge on any atom is -0.447 e. The number of benzene rings is 2. The zero-order valence-corrected chi connectivity index (χ0v) is 16.1. The van der Waals surface area contributed by atoms with Crippen LogP contribution in [0.25, 0.3) is 0 Å². The van der Waals surface area contributed by atoms with Gasteiger partial charge in [0, 0.05) is 19.1 Å². The molecule has 0 spiro atoms. The maximum Gasteiger partial charge on any atom is 0.273 e. The third-order valence-corrected chi connectivity index (χ3v) is 4.56. The van der Waals surface area contributed by atoms with E-state index in [-0.39, 0.29) is 23.5 Å². The van der Waals surface area contributed by atoms with Gasteiger partial charge in [-0.3, -0.25) is 9.69 Å². The van der Waals surface area contributed by atoms with Gasteiger partial charge in [0.15, 0.2) is 5.69 Å². The van der Waals surface area contributed by atoms with Crippen molar-refractivity contribution in [2.75, 3.05) is 6.54 Å². The van der Waals surface area contributed by atoms with Crippen molar-refractivity contribution in [2.45, 2.75) is 33.0 Å². The van der Waals surface area contributed by atoms with Crippen LogP contribution >= 0.6 is 0 Å². The molecule has 0 fully saturated rings. The highest BCUT2D eigenvalue weighted by atomic mass is 19.1. The fraction of sp³-hybridized carbons (Fsp3) is 0.273. The highest BCUT2D eigenvalue weighted by molar-refractivity contribution is 5.91. The van der Waals surface area contributed by atoms with Crippen LogP contribution in [-0.4, -0.2) is 22.3 Å². The van der Waals surface area contributed by atoms with E-state index < -0.39 is 0 Å². The third kappa shape index (κ3) is 5.04. The standard InChI is InChI=1S/C22H24FN3O2/c1-3-24-22(27)20-15-28-21(25-20)14-26(13-17-8-7-11-19(23)12-17)16(2)18-9-5-4-6-10-18/h4-12,15-16H,3,13-14H2,1-2H3,(H,24,27). The highest BCUT2D eigenvalue weighted by Crippen LogP contribution is 2.24. The first-order chi connectivity index (χ1) is 13.6. The summed E-state index contributed by atoms with van der Waals surface area (Å²) >= 11 is 0. The fourth-order valence-electron chi connectivity index (χ4n) is 3.05. The summed E-state index contributed by atoms with van der Waals surface area (Å²) < 4.78 is 19.2. The molecule has 5 nitrogen and oxygen atoms in total. The Kier molecular flexibility index (Phi) is 6.55. The number of carbonyl (C=O) groups is 1. The lowest BCUT2D eigenvalue weighted by Crippen LogP contribution is -2.27. The molecule has 0 aliphatic heterocycles. The molecule has 0 aliphatic carbocycles. The van der Waals surface area contributed by atoms with E-state index in [4.69, 9.17) is 4.42 Å². The number of oxazole rings is 1. The number of nitrogens with one attached hydrogen (secondary N) is 1. The largest absolute Gasteiger partial charge is 0.447 e. The Morgan fingerprint density at radius 1 is 1.18 bits per heavy atom.